The third-order valence-corrected chi connectivity index (χ3v) is 6.89. The quantitative estimate of drug-likeness (QED) is 0.302. The molecule has 0 unspecified atom stereocenters. The number of pyridine rings is 1. The Bertz CT molecular complexity index is 1040. The van der Waals surface area contributed by atoms with Gasteiger partial charge < -0.3 is 10.2 Å². The van der Waals surface area contributed by atoms with Gasteiger partial charge in [-0.3, -0.25) is 14.7 Å². The molecule has 0 bridgehead atoms. The van der Waals surface area contributed by atoms with E-state index in [-0.39, 0.29) is 5.91 Å². The highest BCUT2D eigenvalue weighted by molar-refractivity contribution is 5.97. The summed E-state index contributed by atoms with van der Waals surface area (Å²) in [5.41, 5.74) is 4.48. The topological polar surface area (TPSA) is 48.5 Å². The van der Waals surface area contributed by atoms with Gasteiger partial charge in [-0.15, -0.1) is 0 Å². The van der Waals surface area contributed by atoms with Crippen LogP contribution in [-0.2, 0) is 4.79 Å². The molecule has 5 nitrogen and oxygen atoms in total. The molecule has 4 rings (SSSR count). The molecule has 188 valence electrons. The number of unbranched alkanes of at least 4 members (excludes halogenated alkanes) is 1. The van der Waals surface area contributed by atoms with E-state index in [0.29, 0.717) is 19.0 Å². The standard InChI is InChI=1S/C31H38N4O/c1-2-27(24-26-12-11-17-32-25-26)31(36)33-18-9-10-19-34-20-22-35(23-21-34)30(28-13-5-3-6-14-28)29-15-7-4-8-16-29/h3-8,11-17,24-25,30H,2,9-10,18-23H2,1H3,(H,33,36)/b27-24+. The number of hydrogen-bond donors (Lipinski definition) is 1. The lowest BCUT2D eigenvalue weighted by atomic mass is 9.96. The number of nitrogens with one attached hydrogen (secondary N) is 1. The minimum Gasteiger partial charge on any atom is -0.352 e. The first kappa shape index (κ1) is 25.8. The smallest absolute Gasteiger partial charge is 0.247 e. The molecule has 2 heterocycles. The zero-order chi connectivity index (χ0) is 25.0. The van der Waals surface area contributed by atoms with Crippen LogP contribution in [-0.4, -0.2) is 60.0 Å². The van der Waals surface area contributed by atoms with Gasteiger partial charge in [0, 0.05) is 50.7 Å². The molecule has 1 aliphatic heterocycles. The molecule has 3 aromatic rings. The number of carbonyl (C=O) groups is 1. The minimum absolute atomic E-state index is 0.0304. The van der Waals surface area contributed by atoms with Gasteiger partial charge in [-0.05, 0) is 54.6 Å². The van der Waals surface area contributed by atoms with Crippen molar-refractivity contribution in [1.82, 2.24) is 20.1 Å². The summed E-state index contributed by atoms with van der Waals surface area (Å²) in [6.45, 7) is 8.09. The van der Waals surface area contributed by atoms with Crippen LogP contribution in [0.25, 0.3) is 6.08 Å². The van der Waals surface area contributed by atoms with E-state index >= 15 is 0 Å². The Labute approximate surface area is 215 Å². The lowest BCUT2D eigenvalue weighted by Crippen LogP contribution is -2.48. The van der Waals surface area contributed by atoms with Crippen LogP contribution in [0.4, 0.5) is 0 Å². The van der Waals surface area contributed by atoms with E-state index in [0.717, 1.165) is 56.7 Å². The van der Waals surface area contributed by atoms with E-state index in [1.165, 1.54) is 11.1 Å². The second-order valence-corrected chi connectivity index (χ2v) is 9.37. The average molecular weight is 483 g/mol. The summed E-state index contributed by atoms with van der Waals surface area (Å²) in [5, 5.41) is 3.10. The molecule has 0 saturated carbocycles. The zero-order valence-electron chi connectivity index (χ0n) is 21.4. The largest absolute Gasteiger partial charge is 0.352 e. The first-order chi connectivity index (χ1) is 17.7. The maximum Gasteiger partial charge on any atom is 0.247 e. The Morgan fingerprint density at radius 1 is 0.917 bits per heavy atom. The summed E-state index contributed by atoms with van der Waals surface area (Å²) in [5.74, 6) is 0.0304. The number of aromatic nitrogens is 1. The average Bonchev–Trinajstić information content (AvgIpc) is 2.94. The van der Waals surface area contributed by atoms with Crippen LogP contribution in [0.1, 0.15) is 48.9 Å². The van der Waals surface area contributed by atoms with E-state index in [9.17, 15) is 4.79 Å². The molecule has 1 amide bonds. The highest BCUT2D eigenvalue weighted by atomic mass is 16.1. The summed E-state index contributed by atoms with van der Waals surface area (Å²) in [6.07, 6.45) is 8.25. The molecule has 0 aliphatic carbocycles. The van der Waals surface area contributed by atoms with Crippen LogP contribution in [0, 0.1) is 0 Å². The number of piperazine rings is 1. The second-order valence-electron chi connectivity index (χ2n) is 9.37. The van der Waals surface area contributed by atoms with E-state index in [2.05, 4.69) is 80.8 Å². The van der Waals surface area contributed by atoms with E-state index in [1.54, 1.807) is 12.4 Å². The molecular weight excluding hydrogens is 444 g/mol. The fraction of sp³-hybridized carbons (Fsp3) is 0.355. The van der Waals surface area contributed by atoms with Crippen LogP contribution in [0.15, 0.2) is 90.8 Å². The number of rotatable bonds is 11. The van der Waals surface area contributed by atoms with Gasteiger partial charge in [-0.1, -0.05) is 73.7 Å². The number of nitrogens with zero attached hydrogens (tertiary/aromatic N) is 3. The van der Waals surface area contributed by atoms with Crippen molar-refractivity contribution in [3.05, 3.63) is 107 Å². The monoisotopic (exact) mass is 482 g/mol. The number of carbonyl (C=O) groups excluding carboxylic acids is 1. The van der Waals surface area contributed by atoms with Crippen molar-refractivity contribution in [2.45, 2.75) is 32.2 Å². The van der Waals surface area contributed by atoms with Crippen molar-refractivity contribution in [3.8, 4) is 0 Å². The molecule has 36 heavy (non-hydrogen) atoms. The molecule has 2 aromatic carbocycles. The van der Waals surface area contributed by atoms with Crippen LogP contribution in [0.3, 0.4) is 0 Å². The van der Waals surface area contributed by atoms with E-state index in [4.69, 9.17) is 0 Å². The maximum absolute atomic E-state index is 12.6. The fourth-order valence-electron chi connectivity index (χ4n) is 4.90. The van der Waals surface area contributed by atoms with Gasteiger partial charge in [-0.2, -0.15) is 0 Å². The summed E-state index contributed by atoms with van der Waals surface area (Å²) in [6, 6.07) is 25.9. The predicted octanol–water partition coefficient (Wildman–Crippen LogP) is 5.18. The van der Waals surface area contributed by atoms with Gasteiger partial charge in [0.15, 0.2) is 0 Å². The molecule has 0 radical (unpaired) electrons. The summed E-state index contributed by atoms with van der Waals surface area (Å²) in [7, 11) is 0. The lowest BCUT2D eigenvalue weighted by Gasteiger charge is -2.39. The van der Waals surface area contributed by atoms with Crippen molar-refractivity contribution < 1.29 is 4.79 Å². The second kappa shape index (κ2) is 13.7. The lowest BCUT2D eigenvalue weighted by molar-refractivity contribution is -0.117. The SMILES string of the molecule is CC/C(=C\c1cccnc1)C(=O)NCCCCN1CCN(C(c2ccccc2)c2ccccc2)CC1. The van der Waals surface area contributed by atoms with E-state index < -0.39 is 0 Å². The van der Waals surface area contributed by atoms with Gasteiger partial charge >= 0.3 is 0 Å². The van der Waals surface area contributed by atoms with Crippen molar-refractivity contribution in [2.24, 2.45) is 0 Å². The number of hydrogen-bond acceptors (Lipinski definition) is 4. The van der Waals surface area contributed by atoms with E-state index in [1.807, 2.05) is 25.1 Å². The maximum atomic E-state index is 12.6. The number of benzene rings is 2. The number of amides is 1. The molecule has 0 spiro atoms. The normalized spacial score (nSPS) is 15.2. The van der Waals surface area contributed by atoms with Gasteiger partial charge in [0.25, 0.3) is 0 Å². The summed E-state index contributed by atoms with van der Waals surface area (Å²) >= 11 is 0. The summed E-state index contributed by atoms with van der Waals surface area (Å²) in [4.78, 5) is 21.9. The Kier molecular flexibility index (Phi) is 9.83. The van der Waals surface area contributed by atoms with Crippen LogP contribution in [0.2, 0.25) is 0 Å². The molecular formula is C31H38N4O. The van der Waals surface area contributed by atoms with Gasteiger partial charge in [0.2, 0.25) is 5.91 Å². The predicted molar refractivity (Wildman–Crippen MR) is 147 cm³/mol. The molecule has 1 fully saturated rings. The minimum atomic E-state index is 0.0304. The molecule has 1 aliphatic rings. The first-order valence-electron chi connectivity index (χ1n) is 13.2. The van der Waals surface area contributed by atoms with Crippen molar-refractivity contribution >= 4 is 12.0 Å². The fourth-order valence-corrected chi connectivity index (χ4v) is 4.90. The third kappa shape index (κ3) is 7.36. The molecule has 0 atom stereocenters. The first-order valence-corrected chi connectivity index (χ1v) is 13.2. The Morgan fingerprint density at radius 2 is 1.58 bits per heavy atom. The van der Waals surface area contributed by atoms with Crippen LogP contribution < -0.4 is 5.32 Å². The zero-order valence-corrected chi connectivity index (χ0v) is 21.4. The third-order valence-electron chi connectivity index (χ3n) is 6.89. The summed E-state index contributed by atoms with van der Waals surface area (Å²) < 4.78 is 0. The van der Waals surface area contributed by atoms with Gasteiger partial charge in [0.1, 0.15) is 0 Å². The van der Waals surface area contributed by atoms with Gasteiger partial charge in [-0.25, -0.2) is 0 Å². The van der Waals surface area contributed by atoms with Crippen molar-refractivity contribution in [1.29, 1.82) is 0 Å². The molecule has 1 aromatic heterocycles. The Hall–Kier alpha value is -3.28. The molecule has 1 N–H and O–H groups in total. The Balaban J connectivity index is 1.20. The highest BCUT2D eigenvalue weighted by Crippen LogP contribution is 2.29. The van der Waals surface area contributed by atoms with Crippen molar-refractivity contribution in [2.75, 3.05) is 39.3 Å². The molecule has 1 saturated heterocycles. The Morgan fingerprint density at radius 3 is 2.17 bits per heavy atom. The van der Waals surface area contributed by atoms with Crippen LogP contribution >= 0.6 is 0 Å². The molecule has 5 heteroatoms. The van der Waals surface area contributed by atoms with Gasteiger partial charge in [0.05, 0.1) is 6.04 Å². The highest BCUT2D eigenvalue weighted by Gasteiger charge is 2.26. The van der Waals surface area contributed by atoms with Crippen LogP contribution in [0.5, 0.6) is 0 Å². The van der Waals surface area contributed by atoms with Crippen molar-refractivity contribution in [3.63, 3.8) is 0 Å².